The van der Waals surface area contributed by atoms with E-state index in [1.165, 1.54) is 51.4 Å². The quantitative estimate of drug-likeness (QED) is 0.176. The van der Waals surface area contributed by atoms with E-state index >= 15 is 0 Å². The monoisotopic (exact) mass is 546 g/mol. The maximum atomic E-state index is 13.0. The number of ether oxygens (including phenoxy) is 2. The van der Waals surface area contributed by atoms with Crippen LogP contribution in [0.15, 0.2) is 48.3 Å². The molecule has 0 aromatic heterocycles. The Morgan fingerprint density at radius 1 is 1.00 bits per heavy atom. The van der Waals surface area contributed by atoms with Gasteiger partial charge in [-0.25, -0.2) is 4.79 Å². The van der Waals surface area contributed by atoms with Gasteiger partial charge in [-0.3, -0.25) is 0 Å². The first-order valence-corrected chi connectivity index (χ1v) is 16.3. The molecule has 5 rings (SSSR count). The van der Waals surface area contributed by atoms with Gasteiger partial charge >= 0.3 is 5.97 Å². The van der Waals surface area contributed by atoms with Gasteiger partial charge in [-0.2, -0.15) is 0 Å². The first kappa shape index (κ1) is 29.5. The fraction of sp³-hybridized carbons (Fsp3) is 0.703. The summed E-state index contributed by atoms with van der Waals surface area (Å²) in [5, 5.41) is 0. The van der Waals surface area contributed by atoms with Gasteiger partial charge in [0.25, 0.3) is 0 Å². The molecular weight excluding hydrogens is 492 g/mol. The molecule has 0 spiro atoms. The minimum Gasteiger partial charge on any atom is -0.463 e. The number of rotatable bonds is 9. The van der Waals surface area contributed by atoms with E-state index in [1.54, 1.807) is 17.7 Å². The van der Waals surface area contributed by atoms with Crippen LogP contribution >= 0.6 is 0 Å². The fourth-order valence-electron chi connectivity index (χ4n) is 9.83. The number of esters is 1. The zero-order valence-electron chi connectivity index (χ0n) is 26.1. The number of allylic oxidation sites excluding steroid dienone is 2. The van der Waals surface area contributed by atoms with E-state index in [9.17, 15) is 4.79 Å². The Morgan fingerprint density at radius 2 is 1.75 bits per heavy atom. The van der Waals surface area contributed by atoms with Crippen LogP contribution in [0.3, 0.4) is 0 Å². The van der Waals surface area contributed by atoms with Gasteiger partial charge < -0.3 is 9.47 Å². The predicted octanol–water partition coefficient (Wildman–Crippen LogP) is 10.2. The molecule has 4 aliphatic rings. The van der Waals surface area contributed by atoms with Gasteiger partial charge in [-0.1, -0.05) is 72.1 Å². The summed E-state index contributed by atoms with van der Waals surface area (Å²) in [4.78, 5) is 13.0. The van der Waals surface area contributed by atoms with E-state index in [1.807, 2.05) is 19.1 Å². The minimum atomic E-state index is -0.224. The van der Waals surface area contributed by atoms with E-state index in [0.29, 0.717) is 22.5 Å². The molecule has 4 unspecified atom stereocenters. The SMILES string of the molecule is C=C(C)Oc1ccc(C(=O)OC2CC[C@@]3(C)C(=CCC4C3CC[C@@]3(C)C4CC[C@@H]3[C@H](C)CCCC(C)C)C2)cc1. The molecule has 4 aliphatic carbocycles. The molecule has 40 heavy (non-hydrogen) atoms. The Labute approximate surface area is 244 Å². The first-order valence-electron chi connectivity index (χ1n) is 16.3. The number of hydrogen-bond acceptors (Lipinski definition) is 3. The zero-order valence-corrected chi connectivity index (χ0v) is 26.1. The van der Waals surface area contributed by atoms with Crippen molar-refractivity contribution in [3.05, 3.63) is 53.8 Å². The third-order valence-electron chi connectivity index (χ3n) is 11.9. The average molecular weight is 547 g/mol. The van der Waals surface area contributed by atoms with E-state index in [0.717, 1.165) is 54.8 Å². The highest BCUT2D eigenvalue weighted by Crippen LogP contribution is 2.67. The molecule has 3 saturated carbocycles. The second-order valence-electron chi connectivity index (χ2n) is 14.9. The van der Waals surface area contributed by atoms with Crippen molar-refractivity contribution in [2.75, 3.05) is 0 Å². The molecule has 0 N–H and O–H groups in total. The van der Waals surface area contributed by atoms with Crippen molar-refractivity contribution in [3.8, 4) is 5.75 Å². The standard InChI is InChI=1S/C37H54O3/c1-24(2)9-8-10-26(5)32-17-18-33-31-16-13-28-23-30(19-21-36(28,6)34(31)20-22-37(32,33)7)40-35(38)27-11-14-29(15-12-27)39-25(3)4/h11-15,24,26,30-34H,3,8-10,16-23H2,1-2,4-7H3/t26-,30?,31?,32-,33?,34?,36+,37-/m1/s1. The fourth-order valence-corrected chi connectivity index (χ4v) is 9.83. The number of fused-ring (bicyclic) bond motifs is 5. The van der Waals surface area contributed by atoms with Crippen molar-refractivity contribution in [1.82, 2.24) is 0 Å². The smallest absolute Gasteiger partial charge is 0.338 e. The Balaban J connectivity index is 1.22. The molecule has 0 radical (unpaired) electrons. The molecule has 0 amide bonds. The second kappa shape index (κ2) is 11.7. The van der Waals surface area contributed by atoms with Crippen LogP contribution in [-0.2, 0) is 4.74 Å². The Bertz CT molecular complexity index is 1100. The Kier molecular flexibility index (Phi) is 8.61. The van der Waals surface area contributed by atoms with Gasteiger partial charge in [0.2, 0.25) is 0 Å². The molecule has 0 heterocycles. The lowest BCUT2D eigenvalue weighted by Crippen LogP contribution is -2.51. The molecule has 3 heteroatoms. The van der Waals surface area contributed by atoms with Gasteiger partial charge in [0.15, 0.2) is 0 Å². The molecule has 8 atom stereocenters. The summed E-state index contributed by atoms with van der Waals surface area (Å²) >= 11 is 0. The summed E-state index contributed by atoms with van der Waals surface area (Å²) in [6.45, 7) is 18.1. The molecule has 1 aromatic carbocycles. The van der Waals surface area contributed by atoms with Crippen molar-refractivity contribution >= 4 is 5.97 Å². The van der Waals surface area contributed by atoms with Crippen LogP contribution in [0.5, 0.6) is 5.75 Å². The van der Waals surface area contributed by atoms with Gasteiger partial charge in [-0.15, -0.1) is 0 Å². The topological polar surface area (TPSA) is 35.5 Å². The maximum absolute atomic E-state index is 13.0. The van der Waals surface area contributed by atoms with Gasteiger partial charge in [0.05, 0.1) is 11.3 Å². The number of carbonyl (C=O) groups is 1. The molecule has 3 fully saturated rings. The summed E-state index contributed by atoms with van der Waals surface area (Å²) in [6, 6.07) is 7.20. The molecule has 3 nitrogen and oxygen atoms in total. The Morgan fingerprint density at radius 3 is 2.45 bits per heavy atom. The Hall–Kier alpha value is -2.03. The lowest BCUT2D eigenvalue weighted by Gasteiger charge is -2.58. The van der Waals surface area contributed by atoms with E-state index in [-0.39, 0.29) is 17.5 Å². The largest absolute Gasteiger partial charge is 0.463 e. The molecule has 0 saturated heterocycles. The normalized spacial score (nSPS) is 35.7. The van der Waals surface area contributed by atoms with Crippen LogP contribution in [0.1, 0.15) is 123 Å². The molecule has 0 bridgehead atoms. The predicted molar refractivity (Wildman–Crippen MR) is 164 cm³/mol. The summed E-state index contributed by atoms with van der Waals surface area (Å²) in [5.41, 5.74) is 2.96. The summed E-state index contributed by atoms with van der Waals surface area (Å²) in [6.07, 6.45) is 16.7. The van der Waals surface area contributed by atoms with Crippen LogP contribution in [0.4, 0.5) is 0 Å². The van der Waals surface area contributed by atoms with Crippen LogP contribution in [-0.4, -0.2) is 12.1 Å². The highest BCUT2D eigenvalue weighted by atomic mass is 16.5. The second-order valence-corrected chi connectivity index (χ2v) is 14.9. The van der Waals surface area contributed by atoms with Crippen LogP contribution in [0, 0.1) is 46.3 Å². The van der Waals surface area contributed by atoms with E-state index in [4.69, 9.17) is 9.47 Å². The summed E-state index contributed by atoms with van der Waals surface area (Å²) in [5.74, 6) is 6.19. The van der Waals surface area contributed by atoms with Crippen LogP contribution in [0.25, 0.3) is 0 Å². The number of carbonyl (C=O) groups excluding carboxylic acids is 1. The summed E-state index contributed by atoms with van der Waals surface area (Å²) in [7, 11) is 0. The maximum Gasteiger partial charge on any atom is 0.338 e. The molecular formula is C37H54O3. The number of benzene rings is 1. The third kappa shape index (κ3) is 5.68. The molecule has 1 aromatic rings. The third-order valence-corrected chi connectivity index (χ3v) is 11.9. The van der Waals surface area contributed by atoms with Crippen molar-refractivity contribution < 1.29 is 14.3 Å². The van der Waals surface area contributed by atoms with E-state index < -0.39 is 0 Å². The zero-order chi connectivity index (χ0) is 28.7. The highest BCUT2D eigenvalue weighted by molar-refractivity contribution is 5.89. The highest BCUT2D eigenvalue weighted by Gasteiger charge is 2.59. The minimum absolute atomic E-state index is 0.0221. The van der Waals surface area contributed by atoms with Crippen molar-refractivity contribution in [1.29, 1.82) is 0 Å². The molecule has 0 aliphatic heterocycles. The van der Waals surface area contributed by atoms with Crippen LogP contribution < -0.4 is 4.74 Å². The van der Waals surface area contributed by atoms with Crippen molar-refractivity contribution in [2.45, 2.75) is 118 Å². The van der Waals surface area contributed by atoms with Crippen molar-refractivity contribution in [2.24, 2.45) is 46.3 Å². The first-order chi connectivity index (χ1) is 19.0. The van der Waals surface area contributed by atoms with Crippen LogP contribution in [0.2, 0.25) is 0 Å². The van der Waals surface area contributed by atoms with Gasteiger partial charge in [0.1, 0.15) is 11.9 Å². The van der Waals surface area contributed by atoms with Gasteiger partial charge in [0, 0.05) is 6.42 Å². The van der Waals surface area contributed by atoms with Gasteiger partial charge in [-0.05, 0) is 122 Å². The number of hydrogen-bond donors (Lipinski definition) is 0. The lowest BCUT2D eigenvalue weighted by molar-refractivity contribution is -0.0594. The molecule has 220 valence electrons. The average Bonchev–Trinajstić information content (AvgIpc) is 3.26. The lowest BCUT2D eigenvalue weighted by atomic mass is 9.47. The van der Waals surface area contributed by atoms with Crippen molar-refractivity contribution in [3.63, 3.8) is 0 Å². The summed E-state index contributed by atoms with van der Waals surface area (Å²) < 4.78 is 11.6. The van der Waals surface area contributed by atoms with E-state index in [2.05, 4.69) is 47.3 Å².